The molecule has 0 saturated heterocycles. The predicted molar refractivity (Wildman–Crippen MR) is 65.3 cm³/mol. The van der Waals surface area contributed by atoms with Crippen molar-refractivity contribution in [3.05, 3.63) is 0 Å². The maximum atomic E-state index is 11.1. The Morgan fingerprint density at radius 2 is 2.20 bits per heavy atom. The van der Waals surface area contributed by atoms with Crippen molar-refractivity contribution in [2.24, 2.45) is 11.8 Å². The molecule has 1 aliphatic carbocycles. The molecule has 1 saturated carbocycles. The zero-order valence-electron chi connectivity index (χ0n) is 9.90. The van der Waals surface area contributed by atoms with E-state index in [-0.39, 0.29) is 5.92 Å². The highest BCUT2D eigenvalue weighted by Gasteiger charge is 2.34. The number of carboxylic acid groups (broad SMARTS) is 1. The van der Waals surface area contributed by atoms with E-state index in [1.165, 1.54) is 0 Å². The zero-order chi connectivity index (χ0) is 11.4. The smallest absolute Gasteiger partial charge is 0.307 e. The number of hydrogen-bond acceptors (Lipinski definition) is 2. The van der Waals surface area contributed by atoms with Crippen molar-refractivity contribution >= 4 is 17.7 Å². The summed E-state index contributed by atoms with van der Waals surface area (Å²) in [6.07, 6.45) is 4.15. The molecule has 0 aromatic heterocycles. The molecule has 4 unspecified atom stereocenters. The third-order valence-corrected chi connectivity index (χ3v) is 5.02. The summed E-state index contributed by atoms with van der Waals surface area (Å²) in [7, 11) is 0. The molecule has 0 heterocycles. The number of carboxylic acids is 1. The average molecular weight is 230 g/mol. The Kier molecular flexibility index (Phi) is 4.97. The van der Waals surface area contributed by atoms with Crippen molar-refractivity contribution in [2.75, 3.05) is 0 Å². The summed E-state index contributed by atoms with van der Waals surface area (Å²) in [5.41, 5.74) is 0. The third-order valence-electron chi connectivity index (χ3n) is 3.35. The van der Waals surface area contributed by atoms with E-state index in [2.05, 4.69) is 20.8 Å². The molecule has 15 heavy (non-hydrogen) atoms. The minimum atomic E-state index is -0.595. The molecule has 4 atom stereocenters. The van der Waals surface area contributed by atoms with Gasteiger partial charge in [0.2, 0.25) is 0 Å². The molecule has 1 N–H and O–H groups in total. The molecule has 1 aliphatic rings. The molecular formula is C12H22O2S. The van der Waals surface area contributed by atoms with Crippen molar-refractivity contribution in [1.82, 2.24) is 0 Å². The minimum Gasteiger partial charge on any atom is -0.481 e. The Labute approximate surface area is 96.8 Å². The van der Waals surface area contributed by atoms with E-state index in [1.807, 2.05) is 11.8 Å². The fourth-order valence-corrected chi connectivity index (χ4v) is 3.83. The first-order valence-corrected chi connectivity index (χ1v) is 6.87. The second-order valence-corrected chi connectivity index (χ2v) is 6.44. The van der Waals surface area contributed by atoms with Gasteiger partial charge in [0.15, 0.2) is 0 Å². The predicted octanol–water partition coefficient (Wildman–Crippen LogP) is 3.41. The van der Waals surface area contributed by atoms with E-state index < -0.39 is 5.97 Å². The molecule has 0 aliphatic heterocycles. The van der Waals surface area contributed by atoms with E-state index in [9.17, 15) is 4.79 Å². The Morgan fingerprint density at radius 3 is 2.73 bits per heavy atom. The first-order valence-electron chi connectivity index (χ1n) is 5.92. The lowest BCUT2D eigenvalue weighted by Gasteiger charge is -2.33. The van der Waals surface area contributed by atoms with Gasteiger partial charge in [-0.2, -0.15) is 11.8 Å². The van der Waals surface area contributed by atoms with E-state index >= 15 is 0 Å². The second kappa shape index (κ2) is 5.78. The highest BCUT2D eigenvalue weighted by Crippen LogP contribution is 2.38. The van der Waals surface area contributed by atoms with Gasteiger partial charge >= 0.3 is 5.97 Å². The first kappa shape index (κ1) is 12.9. The van der Waals surface area contributed by atoms with Crippen LogP contribution < -0.4 is 0 Å². The highest BCUT2D eigenvalue weighted by molar-refractivity contribution is 8.00. The molecule has 0 spiro atoms. The molecule has 0 aromatic carbocycles. The quantitative estimate of drug-likeness (QED) is 0.804. The molecule has 88 valence electrons. The normalized spacial score (nSPS) is 33.7. The van der Waals surface area contributed by atoms with E-state index in [0.29, 0.717) is 16.4 Å². The third kappa shape index (κ3) is 3.71. The molecule has 3 heteroatoms. The van der Waals surface area contributed by atoms with Crippen molar-refractivity contribution in [3.63, 3.8) is 0 Å². The van der Waals surface area contributed by atoms with Gasteiger partial charge in [0.05, 0.1) is 5.92 Å². The summed E-state index contributed by atoms with van der Waals surface area (Å²) >= 11 is 1.88. The highest BCUT2D eigenvalue weighted by atomic mass is 32.2. The van der Waals surface area contributed by atoms with Gasteiger partial charge in [-0.05, 0) is 31.6 Å². The summed E-state index contributed by atoms with van der Waals surface area (Å²) in [5.74, 6) is -0.00920. The molecule has 1 fully saturated rings. The lowest BCUT2D eigenvalue weighted by Crippen LogP contribution is -2.33. The van der Waals surface area contributed by atoms with Crippen LogP contribution in [-0.4, -0.2) is 21.6 Å². The first-order chi connectivity index (χ1) is 7.04. The van der Waals surface area contributed by atoms with Crippen molar-refractivity contribution in [3.8, 4) is 0 Å². The number of rotatable bonds is 4. The second-order valence-electron chi connectivity index (χ2n) is 4.76. The summed E-state index contributed by atoms with van der Waals surface area (Å²) < 4.78 is 0. The van der Waals surface area contributed by atoms with E-state index in [0.717, 1.165) is 25.7 Å². The summed E-state index contributed by atoms with van der Waals surface area (Å²) in [6, 6.07) is 0. The SMILES string of the molecule is CCC(C)SC1CC(C)CCC1C(=O)O. The Hall–Kier alpha value is -0.180. The van der Waals surface area contributed by atoms with Crippen LogP contribution >= 0.6 is 11.8 Å². The van der Waals surface area contributed by atoms with Crippen LogP contribution in [0.25, 0.3) is 0 Å². The van der Waals surface area contributed by atoms with Crippen LogP contribution in [0.2, 0.25) is 0 Å². The maximum absolute atomic E-state index is 11.1. The van der Waals surface area contributed by atoms with Crippen molar-refractivity contribution in [2.45, 2.75) is 57.0 Å². The van der Waals surface area contributed by atoms with Gasteiger partial charge in [0.25, 0.3) is 0 Å². The van der Waals surface area contributed by atoms with Gasteiger partial charge in [-0.25, -0.2) is 0 Å². The fraction of sp³-hybridized carbons (Fsp3) is 0.917. The number of thioether (sulfide) groups is 1. The van der Waals surface area contributed by atoms with Crippen LogP contribution in [0.3, 0.4) is 0 Å². The monoisotopic (exact) mass is 230 g/mol. The largest absolute Gasteiger partial charge is 0.481 e. The molecule has 2 nitrogen and oxygen atoms in total. The molecule has 0 radical (unpaired) electrons. The van der Waals surface area contributed by atoms with Crippen LogP contribution in [0, 0.1) is 11.8 Å². The maximum Gasteiger partial charge on any atom is 0.307 e. The van der Waals surface area contributed by atoms with Crippen molar-refractivity contribution < 1.29 is 9.90 Å². The van der Waals surface area contributed by atoms with Crippen LogP contribution in [0.5, 0.6) is 0 Å². The summed E-state index contributed by atoms with van der Waals surface area (Å²) in [5, 5.41) is 10.1. The van der Waals surface area contributed by atoms with Gasteiger partial charge in [0.1, 0.15) is 0 Å². The van der Waals surface area contributed by atoms with Crippen LogP contribution in [0.4, 0.5) is 0 Å². The van der Waals surface area contributed by atoms with Gasteiger partial charge < -0.3 is 5.11 Å². The molecular weight excluding hydrogens is 208 g/mol. The number of hydrogen-bond donors (Lipinski definition) is 1. The lowest BCUT2D eigenvalue weighted by molar-refractivity contribution is -0.142. The van der Waals surface area contributed by atoms with Gasteiger partial charge in [0, 0.05) is 10.5 Å². The van der Waals surface area contributed by atoms with Crippen LogP contribution in [-0.2, 0) is 4.79 Å². The molecule has 0 bridgehead atoms. The lowest BCUT2D eigenvalue weighted by atomic mass is 9.82. The molecule has 0 amide bonds. The number of aliphatic carboxylic acids is 1. The van der Waals surface area contributed by atoms with Crippen LogP contribution in [0.15, 0.2) is 0 Å². The van der Waals surface area contributed by atoms with Crippen LogP contribution in [0.1, 0.15) is 46.5 Å². The number of carbonyl (C=O) groups is 1. The Balaban J connectivity index is 2.57. The minimum absolute atomic E-state index is 0.111. The van der Waals surface area contributed by atoms with Gasteiger partial charge in [-0.15, -0.1) is 0 Å². The zero-order valence-corrected chi connectivity index (χ0v) is 10.7. The summed E-state index contributed by atoms with van der Waals surface area (Å²) in [4.78, 5) is 11.1. The van der Waals surface area contributed by atoms with Gasteiger partial charge in [-0.1, -0.05) is 20.8 Å². The van der Waals surface area contributed by atoms with Gasteiger partial charge in [-0.3, -0.25) is 4.79 Å². The fourth-order valence-electron chi connectivity index (χ4n) is 2.16. The molecule has 1 rings (SSSR count). The van der Waals surface area contributed by atoms with Crippen molar-refractivity contribution in [1.29, 1.82) is 0 Å². The Bertz CT molecular complexity index is 218. The standard InChI is InChI=1S/C12H22O2S/c1-4-9(3)15-11-7-8(2)5-6-10(11)12(13)14/h8-11H,4-7H2,1-3H3,(H,13,14). The topological polar surface area (TPSA) is 37.3 Å². The molecule has 0 aromatic rings. The van der Waals surface area contributed by atoms with E-state index in [4.69, 9.17) is 5.11 Å². The average Bonchev–Trinajstić information content (AvgIpc) is 2.17. The van der Waals surface area contributed by atoms with E-state index in [1.54, 1.807) is 0 Å². The Morgan fingerprint density at radius 1 is 1.53 bits per heavy atom. The summed E-state index contributed by atoms with van der Waals surface area (Å²) in [6.45, 7) is 6.60.